The Bertz CT molecular complexity index is 420. The number of aryl methyl sites for hydroxylation is 1. The summed E-state index contributed by atoms with van der Waals surface area (Å²) in [4.78, 5) is 13.8. The molecule has 1 aromatic rings. The highest BCUT2D eigenvalue weighted by atomic mass is 16.1. The SMILES string of the molecule is CC1CCC(CN)(C(=O)Cc2nnn(C)n2)CC1. The first-order chi connectivity index (χ1) is 8.55. The number of carbonyl (C=O) groups is 1. The molecule has 18 heavy (non-hydrogen) atoms. The highest BCUT2D eigenvalue weighted by molar-refractivity contribution is 5.86. The van der Waals surface area contributed by atoms with Crippen LogP contribution in [-0.2, 0) is 18.3 Å². The largest absolute Gasteiger partial charge is 0.329 e. The molecular weight excluding hydrogens is 230 g/mol. The van der Waals surface area contributed by atoms with Crippen LogP contribution < -0.4 is 5.73 Å². The second-order valence-electron chi connectivity index (χ2n) is 5.46. The van der Waals surface area contributed by atoms with E-state index < -0.39 is 0 Å². The van der Waals surface area contributed by atoms with Crippen molar-refractivity contribution in [1.29, 1.82) is 0 Å². The average molecular weight is 251 g/mol. The van der Waals surface area contributed by atoms with Crippen molar-refractivity contribution in [3.05, 3.63) is 5.82 Å². The Kier molecular flexibility index (Phi) is 3.75. The van der Waals surface area contributed by atoms with E-state index in [2.05, 4.69) is 22.3 Å². The molecule has 0 bridgehead atoms. The Morgan fingerprint density at radius 2 is 2.17 bits per heavy atom. The first kappa shape index (κ1) is 13.1. The van der Waals surface area contributed by atoms with Crippen molar-refractivity contribution in [1.82, 2.24) is 20.2 Å². The number of hydrogen-bond donors (Lipinski definition) is 1. The quantitative estimate of drug-likeness (QED) is 0.841. The van der Waals surface area contributed by atoms with Gasteiger partial charge in [-0.1, -0.05) is 6.92 Å². The highest BCUT2D eigenvalue weighted by Gasteiger charge is 2.39. The summed E-state index contributed by atoms with van der Waals surface area (Å²) in [5, 5.41) is 11.7. The van der Waals surface area contributed by atoms with E-state index in [0.717, 1.165) is 25.7 Å². The number of rotatable bonds is 4. The maximum Gasteiger partial charge on any atom is 0.182 e. The minimum atomic E-state index is -0.355. The fourth-order valence-electron chi connectivity index (χ4n) is 2.64. The second-order valence-corrected chi connectivity index (χ2v) is 5.46. The molecule has 0 spiro atoms. The Hall–Kier alpha value is -1.30. The van der Waals surface area contributed by atoms with Crippen molar-refractivity contribution in [2.24, 2.45) is 24.1 Å². The van der Waals surface area contributed by atoms with E-state index >= 15 is 0 Å². The van der Waals surface area contributed by atoms with E-state index in [4.69, 9.17) is 5.73 Å². The summed E-state index contributed by atoms with van der Waals surface area (Å²) >= 11 is 0. The topological polar surface area (TPSA) is 86.7 Å². The molecule has 1 aromatic heterocycles. The number of nitrogens with two attached hydrogens (primary N) is 1. The first-order valence-corrected chi connectivity index (χ1v) is 6.52. The molecule has 1 fully saturated rings. The van der Waals surface area contributed by atoms with Crippen molar-refractivity contribution < 1.29 is 4.79 Å². The number of hydrogen-bond acceptors (Lipinski definition) is 5. The molecule has 0 aliphatic heterocycles. The van der Waals surface area contributed by atoms with Gasteiger partial charge in [-0.25, -0.2) is 0 Å². The van der Waals surface area contributed by atoms with Crippen LogP contribution in [0.1, 0.15) is 38.4 Å². The molecule has 0 saturated heterocycles. The summed E-state index contributed by atoms with van der Waals surface area (Å²) < 4.78 is 0. The molecule has 1 heterocycles. The van der Waals surface area contributed by atoms with Crippen LogP contribution in [-0.4, -0.2) is 32.5 Å². The number of ketones is 1. The number of Topliss-reactive ketones (excluding diaryl/α,β-unsaturated/α-hetero) is 1. The molecule has 2 rings (SSSR count). The predicted molar refractivity (Wildman–Crippen MR) is 66.6 cm³/mol. The van der Waals surface area contributed by atoms with Gasteiger partial charge in [-0.05, 0) is 36.8 Å². The first-order valence-electron chi connectivity index (χ1n) is 6.52. The molecule has 0 amide bonds. The van der Waals surface area contributed by atoms with Crippen molar-refractivity contribution in [2.75, 3.05) is 6.54 Å². The van der Waals surface area contributed by atoms with Gasteiger partial charge in [0.05, 0.1) is 13.5 Å². The van der Waals surface area contributed by atoms with Crippen LogP contribution in [0, 0.1) is 11.3 Å². The lowest BCUT2D eigenvalue weighted by Crippen LogP contribution is -2.42. The van der Waals surface area contributed by atoms with Gasteiger partial charge in [0.15, 0.2) is 5.82 Å². The lowest BCUT2D eigenvalue weighted by atomic mass is 9.67. The number of aromatic nitrogens is 4. The Labute approximate surface area is 107 Å². The van der Waals surface area contributed by atoms with Crippen molar-refractivity contribution in [3.8, 4) is 0 Å². The van der Waals surface area contributed by atoms with Gasteiger partial charge in [0.2, 0.25) is 0 Å². The van der Waals surface area contributed by atoms with Gasteiger partial charge in [-0.3, -0.25) is 4.79 Å². The third-order valence-corrected chi connectivity index (χ3v) is 4.08. The average Bonchev–Trinajstić information content (AvgIpc) is 2.76. The maximum atomic E-state index is 12.4. The minimum Gasteiger partial charge on any atom is -0.329 e. The van der Waals surface area contributed by atoms with E-state index in [1.54, 1.807) is 7.05 Å². The summed E-state index contributed by atoms with van der Waals surface area (Å²) in [5.74, 6) is 1.37. The van der Waals surface area contributed by atoms with Crippen LogP contribution in [0.25, 0.3) is 0 Å². The van der Waals surface area contributed by atoms with Crippen LogP contribution >= 0.6 is 0 Å². The van der Waals surface area contributed by atoms with Crippen LogP contribution in [0.5, 0.6) is 0 Å². The van der Waals surface area contributed by atoms with Gasteiger partial charge in [0.1, 0.15) is 5.78 Å². The van der Waals surface area contributed by atoms with E-state index in [9.17, 15) is 4.79 Å². The molecule has 0 atom stereocenters. The monoisotopic (exact) mass is 251 g/mol. The van der Waals surface area contributed by atoms with E-state index in [0.29, 0.717) is 18.3 Å². The fraction of sp³-hybridized carbons (Fsp3) is 0.833. The van der Waals surface area contributed by atoms with E-state index in [-0.39, 0.29) is 17.6 Å². The standard InChI is InChI=1S/C12H21N5O/c1-9-3-5-12(8-13,6-4-9)10(18)7-11-14-16-17(2)15-11/h9H,3-8,13H2,1-2H3. The van der Waals surface area contributed by atoms with Crippen LogP contribution in [0.15, 0.2) is 0 Å². The molecular formula is C12H21N5O. The maximum absolute atomic E-state index is 12.4. The smallest absolute Gasteiger partial charge is 0.182 e. The van der Waals surface area contributed by atoms with E-state index in [1.807, 2.05) is 0 Å². The van der Waals surface area contributed by atoms with Gasteiger partial charge in [-0.2, -0.15) is 4.80 Å². The van der Waals surface area contributed by atoms with Gasteiger partial charge >= 0.3 is 0 Å². The van der Waals surface area contributed by atoms with Gasteiger partial charge in [0.25, 0.3) is 0 Å². The Balaban J connectivity index is 2.06. The van der Waals surface area contributed by atoms with Crippen LogP contribution in [0.4, 0.5) is 0 Å². The molecule has 0 radical (unpaired) electrons. The number of nitrogens with zero attached hydrogens (tertiary/aromatic N) is 4. The summed E-state index contributed by atoms with van der Waals surface area (Å²) in [6, 6.07) is 0. The fourth-order valence-corrected chi connectivity index (χ4v) is 2.64. The van der Waals surface area contributed by atoms with Crippen LogP contribution in [0.3, 0.4) is 0 Å². The predicted octanol–water partition coefficient (Wildman–Crippen LogP) is 0.477. The molecule has 6 heteroatoms. The lowest BCUT2D eigenvalue weighted by Gasteiger charge is -2.37. The zero-order valence-electron chi connectivity index (χ0n) is 11.1. The Morgan fingerprint density at radius 1 is 1.50 bits per heavy atom. The molecule has 2 N–H and O–H groups in total. The molecule has 6 nitrogen and oxygen atoms in total. The van der Waals surface area contributed by atoms with E-state index in [1.165, 1.54) is 4.80 Å². The summed E-state index contributed by atoms with van der Waals surface area (Å²) in [6.45, 7) is 2.66. The van der Waals surface area contributed by atoms with Gasteiger partial charge in [0, 0.05) is 12.0 Å². The normalized spacial score (nSPS) is 28.3. The molecule has 1 aliphatic rings. The molecule has 1 saturated carbocycles. The Morgan fingerprint density at radius 3 is 2.67 bits per heavy atom. The van der Waals surface area contributed by atoms with Crippen LogP contribution in [0.2, 0.25) is 0 Å². The third-order valence-electron chi connectivity index (χ3n) is 4.08. The zero-order valence-corrected chi connectivity index (χ0v) is 11.1. The summed E-state index contributed by atoms with van der Waals surface area (Å²) in [5.41, 5.74) is 5.51. The molecule has 0 aromatic carbocycles. The van der Waals surface area contributed by atoms with Crippen molar-refractivity contribution in [3.63, 3.8) is 0 Å². The third kappa shape index (κ3) is 2.58. The number of carbonyl (C=O) groups excluding carboxylic acids is 1. The van der Waals surface area contributed by atoms with Crippen molar-refractivity contribution in [2.45, 2.75) is 39.0 Å². The summed E-state index contributed by atoms with van der Waals surface area (Å²) in [7, 11) is 1.70. The van der Waals surface area contributed by atoms with Gasteiger partial charge < -0.3 is 5.73 Å². The molecule has 100 valence electrons. The van der Waals surface area contributed by atoms with Crippen molar-refractivity contribution >= 4 is 5.78 Å². The van der Waals surface area contributed by atoms with Gasteiger partial charge in [-0.15, -0.1) is 10.2 Å². The number of tetrazole rings is 1. The zero-order chi connectivity index (χ0) is 13.2. The highest BCUT2D eigenvalue weighted by Crippen LogP contribution is 2.39. The molecule has 0 unspecified atom stereocenters. The summed E-state index contributed by atoms with van der Waals surface area (Å²) in [6.07, 6.45) is 4.20. The minimum absolute atomic E-state index is 0.171. The molecule has 1 aliphatic carbocycles. The lowest BCUT2D eigenvalue weighted by molar-refractivity contribution is -0.130. The second kappa shape index (κ2) is 5.14.